The van der Waals surface area contributed by atoms with Gasteiger partial charge in [-0.15, -0.1) is 17.0 Å². The third-order valence-electron chi connectivity index (χ3n) is 4.46. The number of benzene rings is 2. The number of halogens is 1. The maximum Gasteiger partial charge on any atom is 0.0185 e. The molecule has 1 unspecified atom stereocenters. The van der Waals surface area contributed by atoms with Crippen LogP contribution in [0.15, 0.2) is 54.6 Å². The zero-order valence-corrected chi connectivity index (χ0v) is 13.5. The van der Waals surface area contributed by atoms with Gasteiger partial charge in [0.2, 0.25) is 0 Å². The van der Waals surface area contributed by atoms with Crippen molar-refractivity contribution in [3.05, 3.63) is 71.3 Å². The SMILES string of the molecule is Br.CC1(C)CC(C)(c2ccccc2)c2ccccc21. The van der Waals surface area contributed by atoms with Gasteiger partial charge in [0, 0.05) is 5.41 Å². The fourth-order valence-corrected chi connectivity index (χ4v) is 3.69. The zero-order valence-electron chi connectivity index (χ0n) is 11.8. The van der Waals surface area contributed by atoms with Crippen molar-refractivity contribution < 1.29 is 0 Å². The maximum atomic E-state index is 2.38. The minimum Gasteiger partial charge on any atom is -0.114 e. The van der Waals surface area contributed by atoms with Crippen LogP contribution in [0.2, 0.25) is 0 Å². The Kier molecular flexibility index (Phi) is 3.61. The Balaban J connectivity index is 0.00000133. The molecule has 19 heavy (non-hydrogen) atoms. The van der Waals surface area contributed by atoms with Crippen LogP contribution in [-0.4, -0.2) is 0 Å². The number of hydrogen-bond donors (Lipinski definition) is 0. The summed E-state index contributed by atoms with van der Waals surface area (Å²) in [6.07, 6.45) is 1.18. The lowest BCUT2D eigenvalue weighted by Gasteiger charge is -2.28. The molecule has 1 aliphatic rings. The zero-order chi connectivity index (χ0) is 12.8. The Bertz CT molecular complexity index is 571. The Labute approximate surface area is 126 Å². The molecule has 0 saturated heterocycles. The third-order valence-corrected chi connectivity index (χ3v) is 4.46. The molecule has 100 valence electrons. The quantitative estimate of drug-likeness (QED) is 0.674. The second-order valence-corrected chi connectivity index (χ2v) is 6.30. The molecule has 1 aliphatic carbocycles. The summed E-state index contributed by atoms with van der Waals surface area (Å²) in [6, 6.07) is 19.8. The van der Waals surface area contributed by atoms with E-state index in [9.17, 15) is 0 Å². The van der Waals surface area contributed by atoms with E-state index < -0.39 is 0 Å². The van der Waals surface area contributed by atoms with Crippen LogP contribution in [0.5, 0.6) is 0 Å². The summed E-state index contributed by atoms with van der Waals surface area (Å²) in [7, 11) is 0. The molecule has 0 N–H and O–H groups in total. The Morgan fingerprint density at radius 3 is 1.89 bits per heavy atom. The second kappa shape index (κ2) is 4.79. The lowest BCUT2D eigenvalue weighted by atomic mass is 9.75. The molecule has 0 amide bonds. The van der Waals surface area contributed by atoms with Gasteiger partial charge in [0.05, 0.1) is 0 Å². The summed E-state index contributed by atoms with van der Waals surface area (Å²) in [6.45, 7) is 7.11. The number of rotatable bonds is 1. The fraction of sp³-hybridized carbons (Fsp3) is 0.333. The van der Waals surface area contributed by atoms with E-state index in [2.05, 4.69) is 75.4 Å². The molecule has 0 bridgehead atoms. The van der Waals surface area contributed by atoms with Crippen molar-refractivity contribution in [2.45, 2.75) is 38.0 Å². The highest BCUT2D eigenvalue weighted by atomic mass is 79.9. The summed E-state index contributed by atoms with van der Waals surface area (Å²) < 4.78 is 0. The number of hydrogen-bond acceptors (Lipinski definition) is 0. The molecule has 0 aromatic heterocycles. The van der Waals surface area contributed by atoms with Crippen molar-refractivity contribution in [1.29, 1.82) is 0 Å². The highest BCUT2D eigenvalue weighted by Crippen LogP contribution is 2.52. The minimum atomic E-state index is 0. The molecule has 3 rings (SSSR count). The largest absolute Gasteiger partial charge is 0.114 e. The smallest absolute Gasteiger partial charge is 0.0185 e. The Hall–Kier alpha value is -1.08. The Morgan fingerprint density at radius 1 is 0.737 bits per heavy atom. The predicted molar refractivity (Wildman–Crippen MR) is 87.3 cm³/mol. The lowest BCUT2D eigenvalue weighted by Crippen LogP contribution is -2.23. The van der Waals surface area contributed by atoms with Gasteiger partial charge in [0.15, 0.2) is 0 Å². The predicted octanol–water partition coefficient (Wildman–Crippen LogP) is 5.25. The minimum absolute atomic E-state index is 0. The van der Waals surface area contributed by atoms with Gasteiger partial charge in [-0.2, -0.15) is 0 Å². The first kappa shape index (κ1) is 14.3. The fourth-order valence-electron chi connectivity index (χ4n) is 3.69. The van der Waals surface area contributed by atoms with Crippen molar-refractivity contribution in [2.75, 3.05) is 0 Å². The Morgan fingerprint density at radius 2 is 1.26 bits per heavy atom. The standard InChI is InChI=1S/C18H20.BrH/c1-17(2)13-18(3,14-9-5-4-6-10-14)16-12-8-7-11-15(16)17;/h4-12H,13H2,1-3H3;1H. The van der Waals surface area contributed by atoms with Crippen molar-refractivity contribution in [1.82, 2.24) is 0 Å². The molecule has 2 aromatic carbocycles. The first-order valence-electron chi connectivity index (χ1n) is 6.70. The first-order chi connectivity index (χ1) is 8.54. The lowest BCUT2D eigenvalue weighted by molar-refractivity contribution is 0.425. The average Bonchev–Trinajstić information content (AvgIpc) is 2.60. The first-order valence-corrected chi connectivity index (χ1v) is 6.70. The van der Waals surface area contributed by atoms with Crippen LogP contribution >= 0.6 is 17.0 Å². The summed E-state index contributed by atoms with van der Waals surface area (Å²) in [5, 5.41) is 0. The van der Waals surface area contributed by atoms with E-state index >= 15 is 0 Å². The molecule has 0 spiro atoms. The monoisotopic (exact) mass is 316 g/mol. The molecule has 0 heterocycles. The summed E-state index contributed by atoms with van der Waals surface area (Å²) in [5.74, 6) is 0. The van der Waals surface area contributed by atoms with E-state index in [1.54, 1.807) is 0 Å². The van der Waals surface area contributed by atoms with E-state index in [1.165, 1.54) is 23.1 Å². The summed E-state index contributed by atoms with van der Waals surface area (Å²) in [4.78, 5) is 0. The van der Waals surface area contributed by atoms with Crippen molar-refractivity contribution in [2.24, 2.45) is 0 Å². The van der Waals surface area contributed by atoms with Gasteiger partial charge >= 0.3 is 0 Å². The molecule has 1 atom stereocenters. The van der Waals surface area contributed by atoms with Crippen molar-refractivity contribution in [3.8, 4) is 0 Å². The average molecular weight is 317 g/mol. The molecule has 0 aliphatic heterocycles. The molecule has 0 fully saturated rings. The van der Waals surface area contributed by atoms with Crippen LogP contribution in [0.1, 0.15) is 43.9 Å². The van der Waals surface area contributed by atoms with Crippen molar-refractivity contribution >= 4 is 17.0 Å². The van der Waals surface area contributed by atoms with Gasteiger partial charge in [-0.25, -0.2) is 0 Å². The normalized spacial score (nSPS) is 23.5. The van der Waals surface area contributed by atoms with Gasteiger partial charge in [-0.3, -0.25) is 0 Å². The van der Waals surface area contributed by atoms with Gasteiger partial charge in [0.25, 0.3) is 0 Å². The van der Waals surface area contributed by atoms with Crippen LogP contribution in [-0.2, 0) is 10.8 Å². The van der Waals surface area contributed by atoms with E-state index in [4.69, 9.17) is 0 Å². The van der Waals surface area contributed by atoms with E-state index in [1.807, 2.05) is 0 Å². The van der Waals surface area contributed by atoms with E-state index in [-0.39, 0.29) is 27.8 Å². The second-order valence-electron chi connectivity index (χ2n) is 6.30. The van der Waals surface area contributed by atoms with Crippen LogP contribution in [0, 0.1) is 0 Å². The molecular weight excluding hydrogens is 296 g/mol. The summed E-state index contributed by atoms with van der Waals surface area (Å²) >= 11 is 0. The molecular formula is C18H21Br. The van der Waals surface area contributed by atoms with Crippen LogP contribution in [0.3, 0.4) is 0 Å². The van der Waals surface area contributed by atoms with E-state index in [0.717, 1.165) is 0 Å². The highest BCUT2D eigenvalue weighted by molar-refractivity contribution is 8.93. The molecule has 0 nitrogen and oxygen atoms in total. The van der Waals surface area contributed by atoms with Crippen LogP contribution in [0.4, 0.5) is 0 Å². The van der Waals surface area contributed by atoms with E-state index in [0.29, 0.717) is 0 Å². The van der Waals surface area contributed by atoms with Crippen LogP contribution in [0.25, 0.3) is 0 Å². The van der Waals surface area contributed by atoms with Crippen molar-refractivity contribution in [3.63, 3.8) is 0 Å². The van der Waals surface area contributed by atoms with Gasteiger partial charge < -0.3 is 0 Å². The molecule has 0 radical (unpaired) electrons. The van der Waals surface area contributed by atoms with Gasteiger partial charge in [-0.1, -0.05) is 75.4 Å². The molecule has 1 heteroatoms. The maximum absolute atomic E-state index is 2.38. The molecule has 0 saturated carbocycles. The molecule has 2 aromatic rings. The van der Waals surface area contributed by atoms with Gasteiger partial charge in [0.1, 0.15) is 0 Å². The highest BCUT2D eigenvalue weighted by Gasteiger charge is 2.45. The van der Waals surface area contributed by atoms with Gasteiger partial charge in [-0.05, 0) is 28.5 Å². The third kappa shape index (κ3) is 2.14. The number of fused-ring (bicyclic) bond motifs is 1. The summed E-state index contributed by atoms with van der Waals surface area (Å²) in [5.41, 5.74) is 4.86. The topological polar surface area (TPSA) is 0 Å². The van der Waals surface area contributed by atoms with Crippen LogP contribution < -0.4 is 0 Å².